The van der Waals surface area contributed by atoms with Gasteiger partial charge in [-0.15, -0.1) is 0 Å². The van der Waals surface area contributed by atoms with Gasteiger partial charge in [0.1, 0.15) is 0 Å². The summed E-state index contributed by atoms with van der Waals surface area (Å²) in [5, 5.41) is 31.0. The highest BCUT2D eigenvalue weighted by molar-refractivity contribution is 4.08. The monoisotopic (exact) mass is 196 g/mol. The molecule has 0 aromatic carbocycles. The summed E-state index contributed by atoms with van der Waals surface area (Å²) in [7, 11) is 0. The summed E-state index contributed by atoms with van der Waals surface area (Å²) in [6.45, 7) is 0. The molecule has 0 rings (SSSR count). The average Bonchev–Trinajstić information content (AvgIpc) is 2.16. The molecule has 0 amide bonds. The Morgan fingerprint density at radius 1 is 0.500 bits per heavy atom. The van der Waals surface area contributed by atoms with E-state index in [-0.39, 0.29) is 0 Å². The molecule has 0 atom stereocenters. The van der Waals surface area contributed by atoms with Crippen LogP contribution in [0.1, 0.15) is 0 Å². The largest absolute Gasteiger partial charge is 0.221 e. The molecule has 0 saturated heterocycles. The maximum absolute atomic E-state index is 7.00. The first-order chi connectivity index (χ1) is 5.83. The standard InChI is InChI=1S/2H2O3.3O2/c2*1-3-2;3*1-2/h2*1-2H;;;. The molecule has 0 radical (unpaired) electrons. The molecule has 0 heterocycles. The molecule has 12 heavy (non-hydrogen) atoms. The summed E-state index contributed by atoms with van der Waals surface area (Å²) >= 11 is 0. The van der Waals surface area contributed by atoms with Gasteiger partial charge in [-0.25, -0.2) is 21.0 Å². The van der Waals surface area contributed by atoms with Crippen molar-refractivity contribution in [1.82, 2.24) is 0 Å². The molecule has 0 aromatic rings. The van der Waals surface area contributed by atoms with Gasteiger partial charge in [-0.3, -0.25) is 0 Å². The second-order valence-electron chi connectivity index (χ2n) is 0.163. The van der Waals surface area contributed by atoms with Crippen molar-refractivity contribution in [1.29, 1.82) is 0 Å². The molecule has 0 fully saturated rings. The Kier molecular flexibility index (Phi) is 5810. The molecule has 0 saturated carbocycles. The lowest BCUT2D eigenvalue weighted by Crippen LogP contribution is -1.60. The highest BCUT2D eigenvalue weighted by Crippen LogP contribution is 1.24. The van der Waals surface area contributed by atoms with Crippen molar-refractivity contribution in [3.05, 3.63) is 29.8 Å². The lowest BCUT2D eigenvalue weighted by atomic mass is 14.6. The van der Waals surface area contributed by atoms with E-state index in [2.05, 4.69) is 10.1 Å². The van der Waals surface area contributed by atoms with Crippen LogP contribution in [0.15, 0.2) is 0 Å². The first-order valence-electron chi connectivity index (χ1n) is 1.23. The van der Waals surface area contributed by atoms with E-state index in [1.165, 1.54) is 0 Å². The van der Waals surface area contributed by atoms with Gasteiger partial charge in [0.15, 0.2) is 0 Å². The maximum Gasteiger partial charge on any atom is 0 e. The van der Waals surface area contributed by atoms with Crippen molar-refractivity contribution in [2.24, 2.45) is 0 Å². The van der Waals surface area contributed by atoms with E-state index in [1.54, 1.807) is 0 Å². The quantitative estimate of drug-likeness (QED) is 0.300. The van der Waals surface area contributed by atoms with Gasteiger partial charge in [0.2, 0.25) is 0 Å². The minimum absolute atomic E-state index is 2.25. The summed E-state index contributed by atoms with van der Waals surface area (Å²) in [4.78, 5) is 42.0. The smallest absolute Gasteiger partial charge is 0 e. The van der Waals surface area contributed by atoms with Crippen molar-refractivity contribution < 1.29 is 31.1 Å². The van der Waals surface area contributed by atoms with Crippen molar-refractivity contribution in [2.45, 2.75) is 0 Å². The number of hydrogen-bond donors (Lipinski definition) is 4. The Labute approximate surface area is 62.3 Å². The van der Waals surface area contributed by atoms with Crippen molar-refractivity contribution in [2.75, 3.05) is 0 Å². The zero-order chi connectivity index (χ0) is 11.4. The van der Waals surface area contributed by atoms with E-state index in [4.69, 9.17) is 50.8 Å². The van der Waals surface area contributed by atoms with Crippen LogP contribution < -0.4 is 0 Å². The third-order valence-corrected chi connectivity index (χ3v) is 0. The van der Waals surface area contributed by atoms with Crippen molar-refractivity contribution in [3.8, 4) is 0 Å². The molecule has 12 nitrogen and oxygen atoms in total. The fourth-order valence-electron chi connectivity index (χ4n) is 0. The summed E-state index contributed by atoms with van der Waals surface area (Å²) < 4.78 is 0. The summed E-state index contributed by atoms with van der Waals surface area (Å²) in [5.41, 5.74) is 0. The van der Waals surface area contributed by atoms with E-state index in [1.807, 2.05) is 0 Å². The van der Waals surface area contributed by atoms with Crippen molar-refractivity contribution in [3.63, 3.8) is 0 Å². The molecule has 0 aromatic heterocycles. The Bertz CT molecular complexity index is 16.5. The van der Waals surface area contributed by atoms with Gasteiger partial charge in [0.25, 0.3) is 0 Å². The van der Waals surface area contributed by atoms with Crippen LogP contribution >= 0.6 is 0 Å². The molecule has 12 heteroatoms. The fraction of sp³-hybridized carbons (Fsp3) is 0. The zero-order valence-electron chi connectivity index (χ0n) is 5.05. The van der Waals surface area contributed by atoms with Crippen LogP contribution in [0.3, 0.4) is 0 Å². The second-order valence-corrected chi connectivity index (χ2v) is 0.163. The van der Waals surface area contributed by atoms with Gasteiger partial charge >= 0.3 is 0 Å². The molecule has 0 unspecified atom stereocenters. The number of hydrogen-bond acceptors (Lipinski definition) is 12. The first-order valence-corrected chi connectivity index (χ1v) is 1.23. The second kappa shape index (κ2) is 2230. The van der Waals surface area contributed by atoms with Crippen LogP contribution in [-0.4, -0.2) is 21.0 Å². The molecule has 0 aliphatic carbocycles. The van der Waals surface area contributed by atoms with Crippen LogP contribution in [0.25, 0.3) is 0 Å². The first kappa shape index (κ1) is 31.2. The molecule has 0 spiro atoms. The van der Waals surface area contributed by atoms with Crippen LogP contribution in [-0.2, 0) is 10.1 Å². The molecule has 76 valence electrons. The van der Waals surface area contributed by atoms with Crippen LogP contribution in [0.5, 0.6) is 0 Å². The minimum atomic E-state index is 2.25. The Balaban J connectivity index is -0.0000000174. The van der Waals surface area contributed by atoms with Gasteiger partial charge in [-0.1, -0.05) is 10.1 Å². The molecule has 4 N–H and O–H groups in total. The van der Waals surface area contributed by atoms with E-state index >= 15 is 0 Å². The predicted octanol–water partition coefficient (Wildman–Crippen LogP) is 0.0990. The fourth-order valence-corrected chi connectivity index (χ4v) is 0. The average molecular weight is 196 g/mol. The van der Waals surface area contributed by atoms with E-state index in [9.17, 15) is 0 Å². The lowest BCUT2D eigenvalue weighted by molar-refractivity contribution is -0.465. The molecular formula is H4O12. The maximum atomic E-state index is 7.00. The predicted molar refractivity (Wildman–Crippen MR) is 32.9 cm³/mol. The molecule has 0 aliphatic heterocycles. The molecular weight excluding hydrogens is 192 g/mol. The third kappa shape index (κ3) is 236. The van der Waals surface area contributed by atoms with Gasteiger partial charge in [0.05, 0.1) is 0 Å². The highest BCUT2D eigenvalue weighted by atomic mass is 17.4. The van der Waals surface area contributed by atoms with Crippen molar-refractivity contribution >= 4 is 0 Å². The van der Waals surface area contributed by atoms with Crippen LogP contribution in [0, 0.1) is 29.8 Å². The topological polar surface area (TPSA) is 202 Å². The molecule has 0 aliphatic rings. The zero-order valence-corrected chi connectivity index (χ0v) is 5.05. The lowest BCUT2D eigenvalue weighted by Gasteiger charge is -1.56. The number of rotatable bonds is 0. The van der Waals surface area contributed by atoms with Gasteiger partial charge < -0.3 is 0 Å². The minimum Gasteiger partial charge on any atom is -0.221 e. The Hall–Kier alpha value is -1.44. The summed E-state index contributed by atoms with van der Waals surface area (Å²) in [6, 6.07) is 0. The van der Waals surface area contributed by atoms with Gasteiger partial charge in [-0.05, 0) is 0 Å². The SMILES string of the molecule is O=O.O=O.O=O.OOO.OOO. The van der Waals surface area contributed by atoms with E-state index in [0.717, 1.165) is 0 Å². The van der Waals surface area contributed by atoms with Gasteiger partial charge in [-0.2, -0.15) is 0 Å². The van der Waals surface area contributed by atoms with E-state index in [0.29, 0.717) is 0 Å². The van der Waals surface area contributed by atoms with Crippen LogP contribution in [0.4, 0.5) is 0 Å². The van der Waals surface area contributed by atoms with Gasteiger partial charge in [0, 0.05) is 29.8 Å². The van der Waals surface area contributed by atoms with E-state index < -0.39 is 0 Å². The van der Waals surface area contributed by atoms with Crippen LogP contribution in [0.2, 0.25) is 0 Å². The Morgan fingerprint density at radius 3 is 0.500 bits per heavy atom. The third-order valence-electron chi connectivity index (χ3n) is 0. The summed E-state index contributed by atoms with van der Waals surface area (Å²) in [6.07, 6.45) is 0. The Morgan fingerprint density at radius 2 is 0.500 bits per heavy atom. The normalized spacial score (nSPS) is 4.00. The summed E-state index contributed by atoms with van der Waals surface area (Å²) in [5.74, 6) is 0. The molecule has 0 bridgehead atoms. The highest BCUT2D eigenvalue weighted by Gasteiger charge is 1.27.